The quantitative estimate of drug-likeness (QED) is 0.675. The van der Waals surface area contributed by atoms with E-state index in [-0.39, 0.29) is 24.3 Å². The summed E-state index contributed by atoms with van der Waals surface area (Å²) < 4.78 is 5.14. The van der Waals surface area contributed by atoms with E-state index < -0.39 is 5.60 Å². The highest BCUT2D eigenvalue weighted by atomic mass is 16.6. The lowest BCUT2D eigenvalue weighted by atomic mass is 10.1. The average Bonchev–Trinajstić information content (AvgIpc) is 2.30. The number of amides is 1. The maximum absolute atomic E-state index is 11.3. The third kappa shape index (κ3) is 3.77. The zero-order valence-corrected chi connectivity index (χ0v) is 8.92. The van der Waals surface area contributed by atoms with Gasteiger partial charge in [0, 0.05) is 12.5 Å². The predicted molar refractivity (Wildman–Crippen MR) is 51.6 cm³/mol. The van der Waals surface area contributed by atoms with E-state index in [0.29, 0.717) is 6.42 Å². The standard InChI is InChI=1S/C10H17NO3/c1-10(2,3)14-9(13)6-7-4-5-8(12)11-7/h7H,4-6H2,1-3H3,(H,11,12). The predicted octanol–water partition coefficient (Wildman–Crippen LogP) is 0.997. The molecule has 0 aromatic carbocycles. The molecule has 0 spiro atoms. The highest BCUT2D eigenvalue weighted by Crippen LogP contribution is 2.14. The van der Waals surface area contributed by atoms with Gasteiger partial charge in [0.1, 0.15) is 5.60 Å². The molecule has 1 atom stereocenters. The van der Waals surface area contributed by atoms with E-state index in [2.05, 4.69) is 5.32 Å². The van der Waals surface area contributed by atoms with Crippen LogP contribution in [-0.4, -0.2) is 23.5 Å². The number of carbonyl (C=O) groups is 2. The van der Waals surface area contributed by atoms with E-state index in [0.717, 1.165) is 6.42 Å². The Morgan fingerprint density at radius 2 is 2.21 bits per heavy atom. The van der Waals surface area contributed by atoms with Gasteiger partial charge in [-0.15, -0.1) is 0 Å². The van der Waals surface area contributed by atoms with Crippen LogP contribution in [0.1, 0.15) is 40.0 Å². The molecule has 1 heterocycles. The largest absolute Gasteiger partial charge is 0.460 e. The maximum atomic E-state index is 11.3. The van der Waals surface area contributed by atoms with Crippen LogP contribution in [0.15, 0.2) is 0 Å². The third-order valence-corrected chi connectivity index (χ3v) is 1.92. The fourth-order valence-electron chi connectivity index (χ4n) is 1.41. The smallest absolute Gasteiger partial charge is 0.308 e. The van der Waals surface area contributed by atoms with Crippen LogP contribution in [0.2, 0.25) is 0 Å². The number of hydrogen-bond acceptors (Lipinski definition) is 3. The molecule has 14 heavy (non-hydrogen) atoms. The van der Waals surface area contributed by atoms with Gasteiger partial charge in [-0.2, -0.15) is 0 Å². The van der Waals surface area contributed by atoms with E-state index >= 15 is 0 Å². The summed E-state index contributed by atoms with van der Waals surface area (Å²) >= 11 is 0. The number of esters is 1. The summed E-state index contributed by atoms with van der Waals surface area (Å²) in [6.07, 6.45) is 1.54. The second-order valence-electron chi connectivity index (χ2n) is 4.59. The molecular weight excluding hydrogens is 182 g/mol. The molecule has 1 N–H and O–H groups in total. The number of nitrogens with one attached hydrogen (secondary N) is 1. The van der Waals surface area contributed by atoms with Gasteiger partial charge in [0.2, 0.25) is 5.91 Å². The van der Waals surface area contributed by atoms with Gasteiger partial charge in [0.05, 0.1) is 6.42 Å². The summed E-state index contributed by atoms with van der Waals surface area (Å²) in [7, 11) is 0. The second-order valence-corrected chi connectivity index (χ2v) is 4.59. The Bertz CT molecular complexity index is 242. The molecule has 1 aliphatic rings. The molecule has 1 aliphatic heterocycles. The van der Waals surface area contributed by atoms with Crippen molar-refractivity contribution in [3.63, 3.8) is 0 Å². The van der Waals surface area contributed by atoms with Crippen molar-refractivity contribution < 1.29 is 14.3 Å². The van der Waals surface area contributed by atoms with Crippen molar-refractivity contribution in [2.75, 3.05) is 0 Å². The molecular formula is C10H17NO3. The van der Waals surface area contributed by atoms with E-state index in [1.165, 1.54) is 0 Å². The Morgan fingerprint density at radius 1 is 1.57 bits per heavy atom. The normalized spacial score (nSPS) is 21.9. The second kappa shape index (κ2) is 3.98. The highest BCUT2D eigenvalue weighted by molar-refractivity contribution is 5.80. The molecule has 80 valence electrons. The molecule has 0 bridgehead atoms. The lowest BCUT2D eigenvalue weighted by Crippen LogP contribution is -2.31. The van der Waals surface area contributed by atoms with Crippen molar-refractivity contribution in [3.8, 4) is 0 Å². The van der Waals surface area contributed by atoms with Crippen molar-refractivity contribution in [1.29, 1.82) is 0 Å². The van der Waals surface area contributed by atoms with Crippen LogP contribution in [0.5, 0.6) is 0 Å². The molecule has 1 rings (SSSR count). The van der Waals surface area contributed by atoms with Gasteiger partial charge in [-0.3, -0.25) is 9.59 Å². The third-order valence-electron chi connectivity index (χ3n) is 1.92. The van der Waals surface area contributed by atoms with Gasteiger partial charge < -0.3 is 10.1 Å². The van der Waals surface area contributed by atoms with E-state index in [4.69, 9.17) is 4.74 Å². The van der Waals surface area contributed by atoms with Crippen molar-refractivity contribution in [3.05, 3.63) is 0 Å². The number of hydrogen-bond donors (Lipinski definition) is 1. The van der Waals surface area contributed by atoms with Crippen molar-refractivity contribution in [1.82, 2.24) is 5.32 Å². The lowest BCUT2D eigenvalue weighted by molar-refractivity contribution is -0.155. The molecule has 1 unspecified atom stereocenters. The van der Waals surface area contributed by atoms with Crippen LogP contribution in [0.25, 0.3) is 0 Å². The molecule has 0 aromatic heterocycles. The first-order chi connectivity index (χ1) is 6.37. The summed E-state index contributed by atoms with van der Waals surface area (Å²) in [5.41, 5.74) is -0.445. The minimum atomic E-state index is -0.445. The molecule has 0 saturated carbocycles. The molecule has 0 radical (unpaired) electrons. The Kier molecular flexibility index (Phi) is 3.13. The summed E-state index contributed by atoms with van der Waals surface area (Å²) in [5, 5.41) is 2.73. The van der Waals surface area contributed by atoms with Gasteiger partial charge in [-0.1, -0.05) is 0 Å². The van der Waals surface area contributed by atoms with E-state index in [1.807, 2.05) is 20.8 Å². The van der Waals surface area contributed by atoms with Crippen LogP contribution in [0, 0.1) is 0 Å². The summed E-state index contributed by atoms with van der Waals surface area (Å²) in [5.74, 6) is -0.219. The zero-order chi connectivity index (χ0) is 10.8. The van der Waals surface area contributed by atoms with Crippen molar-refractivity contribution >= 4 is 11.9 Å². The van der Waals surface area contributed by atoms with Gasteiger partial charge in [0.25, 0.3) is 0 Å². The molecule has 1 saturated heterocycles. The Morgan fingerprint density at radius 3 is 2.64 bits per heavy atom. The summed E-state index contributed by atoms with van der Waals surface area (Å²) in [4.78, 5) is 22.2. The van der Waals surface area contributed by atoms with Crippen LogP contribution in [-0.2, 0) is 14.3 Å². The topological polar surface area (TPSA) is 55.4 Å². The monoisotopic (exact) mass is 199 g/mol. The molecule has 4 heteroatoms. The van der Waals surface area contributed by atoms with Crippen molar-refractivity contribution in [2.24, 2.45) is 0 Å². The van der Waals surface area contributed by atoms with Crippen LogP contribution >= 0.6 is 0 Å². The van der Waals surface area contributed by atoms with Gasteiger partial charge in [0.15, 0.2) is 0 Å². The highest BCUT2D eigenvalue weighted by Gasteiger charge is 2.25. The van der Waals surface area contributed by atoms with Crippen molar-refractivity contribution in [2.45, 2.75) is 51.7 Å². The van der Waals surface area contributed by atoms with Crippen LogP contribution in [0.3, 0.4) is 0 Å². The SMILES string of the molecule is CC(C)(C)OC(=O)CC1CCC(=O)N1. The minimum absolute atomic E-state index is 0.0264. The zero-order valence-electron chi connectivity index (χ0n) is 8.92. The Balaban J connectivity index is 2.31. The molecule has 1 fully saturated rings. The Labute approximate surface area is 84.0 Å². The fraction of sp³-hybridized carbons (Fsp3) is 0.800. The number of rotatable bonds is 2. The maximum Gasteiger partial charge on any atom is 0.308 e. The fourth-order valence-corrected chi connectivity index (χ4v) is 1.41. The van der Waals surface area contributed by atoms with Crippen LogP contribution in [0.4, 0.5) is 0 Å². The molecule has 1 amide bonds. The van der Waals surface area contributed by atoms with Gasteiger partial charge >= 0.3 is 5.97 Å². The van der Waals surface area contributed by atoms with Crippen LogP contribution < -0.4 is 5.32 Å². The summed E-state index contributed by atoms with van der Waals surface area (Å²) in [6, 6.07) is -0.0302. The molecule has 0 aliphatic carbocycles. The Hall–Kier alpha value is -1.06. The molecule has 0 aromatic rings. The van der Waals surface area contributed by atoms with E-state index in [9.17, 15) is 9.59 Å². The average molecular weight is 199 g/mol. The lowest BCUT2D eigenvalue weighted by Gasteiger charge is -2.20. The summed E-state index contributed by atoms with van der Waals surface area (Å²) in [6.45, 7) is 5.49. The van der Waals surface area contributed by atoms with Gasteiger partial charge in [-0.25, -0.2) is 0 Å². The molecule has 4 nitrogen and oxygen atoms in total. The number of ether oxygens (including phenoxy) is 1. The van der Waals surface area contributed by atoms with Gasteiger partial charge in [-0.05, 0) is 27.2 Å². The van der Waals surface area contributed by atoms with E-state index in [1.54, 1.807) is 0 Å². The first-order valence-corrected chi connectivity index (χ1v) is 4.88. The minimum Gasteiger partial charge on any atom is -0.460 e. The first-order valence-electron chi connectivity index (χ1n) is 4.88. The first kappa shape index (κ1) is 11.0. The number of carbonyl (C=O) groups excluding carboxylic acids is 2.